The summed E-state index contributed by atoms with van der Waals surface area (Å²) in [7, 11) is 0. The van der Waals surface area contributed by atoms with Crippen molar-refractivity contribution >= 4 is 47.4 Å². The molecule has 6 N–H and O–H groups in total. The van der Waals surface area contributed by atoms with E-state index in [0.717, 1.165) is 28.7 Å². The maximum Gasteiger partial charge on any atom is 0.326 e. The van der Waals surface area contributed by atoms with E-state index in [9.17, 15) is 48.6 Å². The fourth-order valence-electron chi connectivity index (χ4n) is 9.37. The Kier molecular flexibility index (Phi) is 20.3. The maximum absolute atomic E-state index is 14.0. The van der Waals surface area contributed by atoms with Crippen LogP contribution in [0.5, 0.6) is 0 Å². The molecule has 376 valence electrons. The largest absolute Gasteiger partial charge is 0.480 e. The van der Waals surface area contributed by atoms with Gasteiger partial charge >= 0.3 is 11.9 Å². The molecule has 6 amide bonds. The molecular weight excluding hydrogens is 905 g/mol. The van der Waals surface area contributed by atoms with Crippen LogP contribution in [0.1, 0.15) is 92.9 Å². The average Bonchev–Trinajstić information content (AvgIpc) is 4.08. The van der Waals surface area contributed by atoms with Crippen molar-refractivity contribution in [2.24, 2.45) is 0 Å². The molecule has 0 aliphatic carbocycles. The molecule has 6 atom stereocenters. The highest BCUT2D eigenvalue weighted by atomic mass is 16.4. The van der Waals surface area contributed by atoms with Crippen LogP contribution in [0.4, 0.5) is 0 Å². The number of carboxylic acid groups (broad SMARTS) is 2. The summed E-state index contributed by atoms with van der Waals surface area (Å²) >= 11 is 0. The Labute approximate surface area is 415 Å². The molecule has 4 aromatic carbocycles. The molecule has 6 rings (SSSR count). The number of nitrogens with zero attached hydrogens (tertiary/aromatic N) is 2. The standard InChI is InChI=1S/C55H66N6O10/c62-48(56-42(34-38-20-8-4-9-21-38)50(64)58-44(36-40-24-12-6-13-25-40)52(66)60-32-18-28-46(60)54(68)69)30-16-2-1-3-17-31-49(63)57-43(35-39-22-10-5-11-23-39)51(65)59-45(37-41-26-14-7-15-27-41)53(67)61-33-19-29-47(61)55(70)71/h4-15,20-27,42-47H,1-3,16-19,28-37H2,(H,56,62)(H,57,63)(H,58,64)(H,59,65)(H,68,69)(H,70,71)/t42-,43-,44-,45-,46+,47+/m0/s1. The minimum atomic E-state index is -1.09. The van der Waals surface area contributed by atoms with Crippen molar-refractivity contribution in [3.63, 3.8) is 0 Å². The molecule has 0 unspecified atom stereocenters. The van der Waals surface area contributed by atoms with E-state index in [1.165, 1.54) is 9.80 Å². The second-order valence-corrected chi connectivity index (χ2v) is 18.4. The van der Waals surface area contributed by atoms with Gasteiger partial charge in [-0.2, -0.15) is 0 Å². The Bertz CT molecular complexity index is 2240. The van der Waals surface area contributed by atoms with E-state index in [0.29, 0.717) is 51.4 Å². The number of nitrogens with one attached hydrogen (secondary N) is 4. The summed E-state index contributed by atoms with van der Waals surface area (Å²) in [6, 6.07) is 30.6. The first-order chi connectivity index (χ1) is 34.4. The summed E-state index contributed by atoms with van der Waals surface area (Å²) < 4.78 is 0. The third-order valence-corrected chi connectivity index (χ3v) is 13.1. The molecule has 71 heavy (non-hydrogen) atoms. The molecule has 2 aliphatic rings. The fraction of sp³-hybridized carbons (Fsp3) is 0.418. The third-order valence-electron chi connectivity index (χ3n) is 13.1. The van der Waals surface area contributed by atoms with E-state index in [1.54, 1.807) is 0 Å². The van der Waals surface area contributed by atoms with Gasteiger partial charge in [0.15, 0.2) is 0 Å². The number of amides is 6. The van der Waals surface area contributed by atoms with Gasteiger partial charge in [0, 0.05) is 51.6 Å². The molecule has 0 saturated carbocycles. The highest BCUT2D eigenvalue weighted by Crippen LogP contribution is 2.22. The number of hydrogen-bond donors (Lipinski definition) is 6. The van der Waals surface area contributed by atoms with Crippen LogP contribution < -0.4 is 21.3 Å². The number of aliphatic carboxylic acids is 2. The van der Waals surface area contributed by atoms with Crippen LogP contribution in [0.25, 0.3) is 0 Å². The molecule has 4 aromatic rings. The van der Waals surface area contributed by atoms with E-state index in [4.69, 9.17) is 0 Å². The van der Waals surface area contributed by atoms with E-state index in [1.807, 2.05) is 121 Å². The first-order valence-electron chi connectivity index (χ1n) is 24.8. The smallest absolute Gasteiger partial charge is 0.326 e. The number of rotatable bonds is 26. The highest BCUT2D eigenvalue weighted by Gasteiger charge is 2.40. The molecule has 2 fully saturated rings. The first-order valence-corrected chi connectivity index (χ1v) is 24.8. The normalized spacial score (nSPS) is 17.0. The van der Waals surface area contributed by atoms with Gasteiger partial charge in [0.1, 0.15) is 36.3 Å². The Balaban J connectivity index is 1.00. The minimum Gasteiger partial charge on any atom is -0.480 e. The molecule has 16 heteroatoms. The summed E-state index contributed by atoms with van der Waals surface area (Å²) in [5.41, 5.74) is 3.17. The van der Waals surface area contributed by atoms with E-state index < -0.39 is 71.8 Å². The van der Waals surface area contributed by atoms with Gasteiger partial charge in [0.25, 0.3) is 0 Å². The predicted octanol–water partition coefficient (Wildman–Crippen LogP) is 4.78. The lowest BCUT2D eigenvalue weighted by atomic mass is 10.0. The summed E-state index contributed by atoms with van der Waals surface area (Å²) in [5, 5.41) is 31.1. The Morgan fingerprint density at radius 1 is 0.423 bits per heavy atom. The van der Waals surface area contributed by atoms with Gasteiger partial charge in [-0.25, -0.2) is 9.59 Å². The second kappa shape index (κ2) is 27.1. The van der Waals surface area contributed by atoms with Crippen molar-refractivity contribution in [2.45, 2.75) is 133 Å². The summed E-state index contributed by atoms with van der Waals surface area (Å²) in [6.07, 6.45) is 5.72. The molecule has 0 radical (unpaired) electrons. The second-order valence-electron chi connectivity index (χ2n) is 18.4. The average molecular weight is 971 g/mol. The van der Waals surface area contributed by atoms with Gasteiger partial charge in [-0.1, -0.05) is 141 Å². The van der Waals surface area contributed by atoms with E-state index >= 15 is 0 Å². The predicted molar refractivity (Wildman–Crippen MR) is 265 cm³/mol. The lowest BCUT2D eigenvalue weighted by Crippen LogP contribution is -2.57. The van der Waals surface area contributed by atoms with Gasteiger partial charge < -0.3 is 41.3 Å². The Hall–Kier alpha value is -7.36. The molecule has 0 spiro atoms. The van der Waals surface area contributed by atoms with Crippen LogP contribution in [-0.2, 0) is 64.0 Å². The molecular formula is C55H66N6O10. The SMILES string of the molecule is O=C(CCCCCCCC(=O)N[C@@H](Cc1ccccc1)C(=O)N[C@@H](Cc1ccccc1)C(=O)N1CCC[C@@H]1C(=O)O)N[C@@H](Cc1ccccc1)C(=O)N[C@@H](Cc1ccccc1)C(=O)N1CCC[C@@H]1C(=O)O. The Morgan fingerprint density at radius 3 is 1.03 bits per heavy atom. The lowest BCUT2D eigenvalue weighted by Gasteiger charge is -2.29. The minimum absolute atomic E-state index is 0.137. The molecule has 2 saturated heterocycles. The third kappa shape index (κ3) is 16.4. The van der Waals surface area contributed by atoms with E-state index in [2.05, 4.69) is 21.3 Å². The highest BCUT2D eigenvalue weighted by molar-refractivity contribution is 5.95. The molecule has 2 aliphatic heterocycles. The van der Waals surface area contributed by atoms with Crippen molar-refractivity contribution in [3.8, 4) is 0 Å². The van der Waals surface area contributed by atoms with Crippen LogP contribution >= 0.6 is 0 Å². The topological polar surface area (TPSA) is 232 Å². The number of hydrogen-bond acceptors (Lipinski definition) is 8. The van der Waals surface area contributed by atoms with E-state index in [-0.39, 0.29) is 63.4 Å². The van der Waals surface area contributed by atoms with Crippen LogP contribution in [0.15, 0.2) is 121 Å². The summed E-state index contributed by atoms with van der Waals surface area (Å²) in [5.74, 6) is -4.95. The molecule has 2 heterocycles. The van der Waals surface area contributed by atoms with Crippen LogP contribution in [-0.4, -0.2) is 117 Å². The fourth-order valence-corrected chi connectivity index (χ4v) is 9.37. The van der Waals surface area contributed by atoms with Gasteiger partial charge in [0.05, 0.1) is 0 Å². The van der Waals surface area contributed by atoms with Gasteiger partial charge in [-0.05, 0) is 60.8 Å². The van der Waals surface area contributed by atoms with Crippen LogP contribution in [0.3, 0.4) is 0 Å². The summed E-state index contributed by atoms with van der Waals surface area (Å²) in [4.78, 5) is 109. The number of likely N-dealkylation sites (tertiary alicyclic amines) is 2. The van der Waals surface area contributed by atoms with Gasteiger partial charge in [0.2, 0.25) is 35.4 Å². The summed E-state index contributed by atoms with van der Waals surface area (Å²) in [6.45, 7) is 0.532. The molecule has 0 bridgehead atoms. The number of unbranched alkanes of at least 4 members (excludes halogenated alkanes) is 4. The van der Waals surface area contributed by atoms with Gasteiger partial charge in [-0.3, -0.25) is 28.8 Å². The zero-order valence-electron chi connectivity index (χ0n) is 40.1. The van der Waals surface area contributed by atoms with Crippen molar-refractivity contribution in [3.05, 3.63) is 144 Å². The number of benzene rings is 4. The van der Waals surface area contributed by atoms with Crippen LogP contribution in [0.2, 0.25) is 0 Å². The first kappa shape index (κ1) is 53.0. The lowest BCUT2D eigenvalue weighted by molar-refractivity contribution is -0.149. The van der Waals surface area contributed by atoms with Gasteiger partial charge in [-0.15, -0.1) is 0 Å². The van der Waals surface area contributed by atoms with Crippen LogP contribution in [0, 0.1) is 0 Å². The zero-order valence-corrected chi connectivity index (χ0v) is 40.1. The quantitative estimate of drug-likeness (QED) is 0.0472. The monoisotopic (exact) mass is 970 g/mol. The van der Waals surface area contributed by atoms with Crippen molar-refractivity contribution in [1.82, 2.24) is 31.1 Å². The molecule has 16 nitrogen and oxygen atoms in total. The number of carbonyl (C=O) groups is 8. The zero-order chi connectivity index (χ0) is 50.5. The van der Waals surface area contributed by atoms with Crippen molar-refractivity contribution in [2.75, 3.05) is 13.1 Å². The number of carboxylic acids is 2. The maximum atomic E-state index is 14.0. The number of carbonyl (C=O) groups excluding carboxylic acids is 6. The Morgan fingerprint density at radius 2 is 0.718 bits per heavy atom. The molecule has 0 aromatic heterocycles. The van der Waals surface area contributed by atoms with Crippen molar-refractivity contribution < 1.29 is 48.6 Å². The van der Waals surface area contributed by atoms with Crippen molar-refractivity contribution in [1.29, 1.82) is 0 Å².